The van der Waals surface area contributed by atoms with Gasteiger partial charge in [-0.05, 0) is 19.1 Å². The molecule has 0 bridgehead atoms. The zero-order valence-corrected chi connectivity index (χ0v) is 10.4. The second kappa shape index (κ2) is 5.34. The first-order chi connectivity index (χ1) is 9.11. The number of pyridine rings is 1. The minimum absolute atomic E-state index is 0.0891. The second-order valence-electron chi connectivity index (χ2n) is 3.82. The lowest BCUT2D eigenvalue weighted by Crippen LogP contribution is -1.99. The zero-order valence-electron chi connectivity index (χ0n) is 10.4. The van der Waals surface area contributed by atoms with Gasteiger partial charge in [-0.15, -0.1) is 0 Å². The normalized spacial score (nSPS) is 10.2. The molecule has 1 heterocycles. The van der Waals surface area contributed by atoms with Gasteiger partial charge >= 0.3 is 0 Å². The average molecular weight is 259 g/mol. The van der Waals surface area contributed by atoms with Crippen LogP contribution in [0.2, 0.25) is 0 Å². The van der Waals surface area contributed by atoms with E-state index >= 15 is 0 Å². The Hall–Kier alpha value is -2.63. The summed E-state index contributed by atoms with van der Waals surface area (Å²) in [6.07, 6.45) is 0. The largest absolute Gasteiger partial charge is 0.493 e. The number of hydrogen-bond donors (Lipinski definition) is 1. The third-order valence-electron chi connectivity index (χ3n) is 2.50. The molecular weight excluding hydrogens is 246 g/mol. The molecule has 0 spiro atoms. The van der Waals surface area contributed by atoms with E-state index in [2.05, 4.69) is 4.98 Å². The molecule has 98 valence electrons. The molecule has 0 aliphatic rings. The van der Waals surface area contributed by atoms with Gasteiger partial charge in [-0.25, -0.2) is 4.98 Å². The van der Waals surface area contributed by atoms with Gasteiger partial charge in [-0.3, -0.25) is 10.1 Å². The number of nitro groups is 1. The summed E-state index contributed by atoms with van der Waals surface area (Å²) in [5.74, 6) is 0.730. The highest BCUT2D eigenvalue weighted by Crippen LogP contribution is 2.31. The minimum atomic E-state index is -0.495. The summed E-state index contributed by atoms with van der Waals surface area (Å²) in [6.45, 7) is 2.37. The fourth-order valence-corrected chi connectivity index (χ4v) is 1.74. The number of para-hydroxylation sites is 1. The summed E-state index contributed by atoms with van der Waals surface area (Å²) >= 11 is 0. The van der Waals surface area contributed by atoms with Gasteiger partial charge in [0.1, 0.15) is 11.6 Å². The number of benzene rings is 1. The van der Waals surface area contributed by atoms with E-state index in [0.717, 1.165) is 0 Å². The molecule has 1 aromatic heterocycles. The maximum absolute atomic E-state index is 10.8. The number of nitrogens with two attached hydrogens (primary N) is 1. The van der Waals surface area contributed by atoms with Gasteiger partial charge in [0, 0.05) is 11.6 Å². The van der Waals surface area contributed by atoms with Crippen LogP contribution in [0.3, 0.4) is 0 Å². The van der Waals surface area contributed by atoms with Crippen molar-refractivity contribution in [1.29, 1.82) is 0 Å². The SMILES string of the molecule is CCOc1ccccc1-c1cc([N+](=O)[O-])cc(N)n1. The van der Waals surface area contributed by atoms with E-state index in [1.807, 2.05) is 19.1 Å². The van der Waals surface area contributed by atoms with Crippen LogP contribution in [0, 0.1) is 10.1 Å². The highest BCUT2D eigenvalue weighted by Gasteiger charge is 2.13. The molecule has 0 saturated heterocycles. The summed E-state index contributed by atoms with van der Waals surface area (Å²) in [5, 5.41) is 10.8. The first-order valence-electron chi connectivity index (χ1n) is 5.76. The molecule has 6 heteroatoms. The van der Waals surface area contributed by atoms with Crippen LogP contribution in [0.1, 0.15) is 6.92 Å². The number of aromatic nitrogens is 1. The molecule has 0 aliphatic heterocycles. The van der Waals surface area contributed by atoms with Gasteiger partial charge in [-0.2, -0.15) is 0 Å². The summed E-state index contributed by atoms with van der Waals surface area (Å²) < 4.78 is 5.48. The van der Waals surface area contributed by atoms with E-state index in [-0.39, 0.29) is 11.5 Å². The topological polar surface area (TPSA) is 91.3 Å². The lowest BCUT2D eigenvalue weighted by molar-refractivity contribution is -0.384. The van der Waals surface area contributed by atoms with E-state index in [1.165, 1.54) is 12.1 Å². The van der Waals surface area contributed by atoms with Crippen LogP contribution in [-0.4, -0.2) is 16.5 Å². The highest BCUT2D eigenvalue weighted by molar-refractivity contribution is 5.70. The lowest BCUT2D eigenvalue weighted by Gasteiger charge is -2.09. The van der Waals surface area contributed by atoms with Gasteiger partial charge < -0.3 is 10.5 Å². The van der Waals surface area contributed by atoms with Gasteiger partial charge in [0.05, 0.1) is 23.3 Å². The molecule has 0 atom stereocenters. The second-order valence-corrected chi connectivity index (χ2v) is 3.82. The van der Waals surface area contributed by atoms with Crippen LogP contribution in [0.25, 0.3) is 11.3 Å². The molecule has 1 aromatic carbocycles. The van der Waals surface area contributed by atoms with Crippen LogP contribution < -0.4 is 10.5 Å². The van der Waals surface area contributed by atoms with Crippen molar-refractivity contribution in [3.05, 3.63) is 46.5 Å². The predicted molar refractivity (Wildman–Crippen MR) is 71.9 cm³/mol. The number of nitrogens with zero attached hydrogens (tertiary/aromatic N) is 2. The molecular formula is C13H13N3O3. The van der Waals surface area contributed by atoms with Crippen molar-refractivity contribution in [1.82, 2.24) is 4.98 Å². The maximum atomic E-state index is 10.8. The molecule has 0 amide bonds. The number of nitrogen functional groups attached to an aromatic ring is 1. The molecule has 0 radical (unpaired) electrons. The monoisotopic (exact) mass is 259 g/mol. The first kappa shape index (κ1) is 12.8. The Bertz CT molecular complexity index is 614. The van der Waals surface area contributed by atoms with Gasteiger partial charge in [0.15, 0.2) is 0 Å². The van der Waals surface area contributed by atoms with Crippen molar-refractivity contribution in [3.8, 4) is 17.0 Å². The van der Waals surface area contributed by atoms with Crippen molar-refractivity contribution < 1.29 is 9.66 Å². The van der Waals surface area contributed by atoms with Crippen molar-refractivity contribution in [3.63, 3.8) is 0 Å². The van der Waals surface area contributed by atoms with Crippen LogP contribution >= 0.6 is 0 Å². The third kappa shape index (κ3) is 2.79. The fourth-order valence-electron chi connectivity index (χ4n) is 1.74. The molecule has 0 saturated carbocycles. The summed E-state index contributed by atoms with van der Waals surface area (Å²) in [6, 6.07) is 9.83. The summed E-state index contributed by atoms with van der Waals surface area (Å²) in [5.41, 5.74) is 6.62. The summed E-state index contributed by atoms with van der Waals surface area (Å²) in [4.78, 5) is 14.5. The Morgan fingerprint density at radius 2 is 2.11 bits per heavy atom. The predicted octanol–water partition coefficient (Wildman–Crippen LogP) is 2.64. The molecule has 2 N–H and O–H groups in total. The Morgan fingerprint density at radius 3 is 2.79 bits per heavy atom. The van der Waals surface area contributed by atoms with Crippen LogP contribution in [-0.2, 0) is 0 Å². The average Bonchev–Trinajstić information content (AvgIpc) is 2.39. The molecule has 0 fully saturated rings. The molecule has 19 heavy (non-hydrogen) atoms. The minimum Gasteiger partial charge on any atom is -0.493 e. The first-order valence-corrected chi connectivity index (χ1v) is 5.76. The van der Waals surface area contributed by atoms with Crippen LogP contribution in [0.15, 0.2) is 36.4 Å². The van der Waals surface area contributed by atoms with Crippen molar-refractivity contribution in [2.24, 2.45) is 0 Å². The molecule has 0 aliphatic carbocycles. The van der Waals surface area contributed by atoms with Crippen LogP contribution in [0.5, 0.6) is 5.75 Å². The Morgan fingerprint density at radius 1 is 1.37 bits per heavy atom. The van der Waals surface area contributed by atoms with E-state index in [9.17, 15) is 10.1 Å². The van der Waals surface area contributed by atoms with E-state index < -0.39 is 4.92 Å². The van der Waals surface area contributed by atoms with E-state index in [1.54, 1.807) is 12.1 Å². The Labute approximate surface area is 110 Å². The zero-order chi connectivity index (χ0) is 13.8. The number of anilines is 1. The standard InChI is InChI=1S/C13H13N3O3/c1-2-19-12-6-4-3-5-10(12)11-7-9(16(17)18)8-13(14)15-11/h3-8H,2H2,1H3,(H2,14,15). The molecule has 6 nitrogen and oxygen atoms in total. The van der Waals surface area contributed by atoms with E-state index in [0.29, 0.717) is 23.6 Å². The number of ether oxygens (including phenoxy) is 1. The van der Waals surface area contributed by atoms with Crippen LogP contribution in [0.4, 0.5) is 11.5 Å². The van der Waals surface area contributed by atoms with Crippen molar-refractivity contribution in [2.75, 3.05) is 12.3 Å². The Kier molecular flexibility index (Phi) is 3.61. The highest BCUT2D eigenvalue weighted by atomic mass is 16.6. The molecule has 2 rings (SSSR count). The van der Waals surface area contributed by atoms with Crippen molar-refractivity contribution in [2.45, 2.75) is 6.92 Å². The lowest BCUT2D eigenvalue weighted by atomic mass is 10.1. The smallest absolute Gasteiger partial charge is 0.275 e. The van der Waals surface area contributed by atoms with Gasteiger partial charge in [-0.1, -0.05) is 12.1 Å². The van der Waals surface area contributed by atoms with E-state index in [4.69, 9.17) is 10.5 Å². The van der Waals surface area contributed by atoms with Gasteiger partial charge in [0.2, 0.25) is 0 Å². The maximum Gasteiger partial charge on any atom is 0.275 e. The molecule has 0 unspecified atom stereocenters. The number of hydrogen-bond acceptors (Lipinski definition) is 5. The number of rotatable bonds is 4. The van der Waals surface area contributed by atoms with Gasteiger partial charge in [0.25, 0.3) is 5.69 Å². The Balaban J connectivity index is 2.55. The quantitative estimate of drug-likeness (QED) is 0.673. The third-order valence-corrected chi connectivity index (χ3v) is 2.50. The summed E-state index contributed by atoms with van der Waals surface area (Å²) in [7, 11) is 0. The molecule has 2 aromatic rings. The van der Waals surface area contributed by atoms with Crippen molar-refractivity contribution >= 4 is 11.5 Å². The fraction of sp³-hybridized carbons (Fsp3) is 0.154.